The van der Waals surface area contributed by atoms with Crippen LogP contribution < -0.4 is 0 Å². The van der Waals surface area contributed by atoms with E-state index >= 15 is 0 Å². The van der Waals surface area contributed by atoms with Gasteiger partial charge in [0, 0.05) is 17.3 Å². The second kappa shape index (κ2) is 6.48. The molecule has 0 aliphatic heterocycles. The van der Waals surface area contributed by atoms with Crippen LogP contribution in [0.25, 0.3) is 22.6 Å². The zero-order valence-corrected chi connectivity index (χ0v) is 14.6. The predicted octanol–water partition coefficient (Wildman–Crippen LogP) is 5.57. The van der Waals surface area contributed by atoms with Crippen molar-refractivity contribution in [2.24, 2.45) is 4.99 Å². The van der Waals surface area contributed by atoms with Gasteiger partial charge in [-0.3, -0.25) is 4.99 Å². The Kier molecular flexibility index (Phi) is 4.01. The van der Waals surface area contributed by atoms with E-state index in [1.165, 1.54) is 11.1 Å². The maximum Gasteiger partial charge on any atom is 0.227 e. The van der Waals surface area contributed by atoms with Crippen LogP contribution in [0.4, 0.5) is 5.69 Å². The van der Waals surface area contributed by atoms with Crippen LogP contribution in [0.5, 0.6) is 5.75 Å². The number of para-hydroxylation sites is 1. The lowest BCUT2D eigenvalue weighted by Crippen LogP contribution is -1.81. The lowest BCUT2D eigenvalue weighted by molar-refractivity contribution is 0.474. The molecule has 0 amide bonds. The van der Waals surface area contributed by atoms with Crippen LogP contribution in [-0.4, -0.2) is 16.3 Å². The molecule has 0 aliphatic rings. The van der Waals surface area contributed by atoms with Crippen molar-refractivity contribution in [3.05, 3.63) is 77.4 Å². The maximum absolute atomic E-state index is 9.83. The molecule has 128 valence electrons. The van der Waals surface area contributed by atoms with Crippen LogP contribution in [0.2, 0.25) is 0 Å². The molecule has 4 nitrogen and oxygen atoms in total. The predicted molar refractivity (Wildman–Crippen MR) is 104 cm³/mol. The van der Waals surface area contributed by atoms with Gasteiger partial charge in [0.2, 0.25) is 5.89 Å². The third-order valence-corrected chi connectivity index (χ3v) is 4.39. The summed E-state index contributed by atoms with van der Waals surface area (Å²) in [6, 6.07) is 18.8. The van der Waals surface area contributed by atoms with Crippen LogP contribution >= 0.6 is 0 Å². The topological polar surface area (TPSA) is 58.6 Å². The Morgan fingerprint density at radius 2 is 1.77 bits per heavy atom. The Balaban J connectivity index is 1.69. The van der Waals surface area contributed by atoms with Crippen LogP contribution in [0, 0.1) is 13.8 Å². The summed E-state index contributed by atoms with van der Waals surface area (Å²) >= 11 is 0. The summed E-state index contributed by atoms with van der Waals surface area (Å²) in [5.41, 5.74) is 6.31. The fraction of sp³-hybridized carbons (Fsp3) is 0.0909. The molecule has 4 heteroatoms. The summed E-state index contributed by atoms with van der Waals surface area (Å²) in [6.07, 6.45) is 1.65. The number of rotatable bonds is 3. The Morgan fingerprint density at radius 3 is 2.62 bits per heavy atom. The number of phenolic OH excluding ortho intramolecular Hbond substituents is 1. The first-order valence-corrected chi connectivity index (χ1v) is 8.40. The third-order valence-electron chi connectivity index (χ3n) is 4.39. The van der Waals surface area contributed by atoms with Gasteiger partial charge in [0.25, 0.3) is 0 Å². The number of fused-ring (bicyclic) bond motifs is 1. The van der Waals surface area contributed by atoms with Gasteiger partial charge in [-0.15, -0.1) is 0 Å². The van der Waals surface area contributed by atoms with Crippen molar-refractivity contribution < 1.29 is 9.52 Å². The molecular formula is C22H18N2O2. The van der Waals surface area contributed by atoms with Gasteiger partial charge in [-0.1, -0.05) is 18.2 Å². The van der Waals surface area contributed by atoms with E-state index in [-0.39, 0.29) is 5.75 Å². The van der Waals surface area contributed by atoms with Crippen molar-refractivity contribution in [2.45, 2.75) is 13.8 Å². The summed E-state index contributed by atoms with van der Waals surface area (Å²) in [4.78, 5) is 9.05. The summed E-state index contributed by atoms with van der Waals surface area (Å²) in [5.74, 6) is 0.779. The van der Waals surface area contributed by atoms with Gasteiger partial charge in [-0.05, 0) is 67.4 Å². The minimum absolute atomic E-state index is 0.206. The van der Waals surface area contributed by atoms with Crippen LogP contribution in [-0.2, 0) is 0 Å². The van der Waals surface area contributed by atoms with E-state index in [4.69, 9.17) is 4.42 Å². The Morgan fingerprint density at radius 1 is 0.962 bits per heavy atom. The van der Waals surface area contributed by atoms with Gasteiger partial charge in [-0.2, -0.15) is 0 Å². The molecule has 26 heavy (non-hydrogen) atoms. The highest BCUT2D eigenvalue weighted by molar-refractivity contribution is 5.85. The Hall–Kier alpha value is -3.40. The summed E-state index contributed by atoms with van der Waals surface area (Å²) in [7, 11) is 0. The SMILES string of the molecule is Cc1cc2nc(-c3cccc(N=Cc4ccccc4O)c3)oc2cc1C. The molecule has 0 fully saturated rings. The van der Waals surface area contributed by atoms with Gasteiger partial charge >= 0.3 is 0 Å². The molecule has 0 bridgehead atoms. The van der Waals surface area contributed by atoms with E-state index in [9.17, 15) is 5.11 Å². The largest absolute Gasteiger partial charge is 0.507 e. The molecule has 0 aliphatic carbocycles. The molecule has 0 radical (unpaired) electrons. The summed E-state index contributed by atoms with van der Waals surface area (Å²) in [6.45, 7) is 4.13. The minimum atomic E-state index is 0.206. The summed E-state index contributed by atoms with van der Waals surface area (Å²) < 4.78 is 5.92. The first kappa shape index (κ1) is 16.1. The van der Waals surface area contributed by atoms with E-state index in [0.717, 1.165) is 22.4 Å². The van der Waals surface area contributed by atoms with Crippen molar-refractivity contribution in [3.63, 3.8) is 0 Å². The fourth-order valence-corrected chi connectivity index (χ4v) is 2.76. The Labute approximate surface area is 151 Å². The number of benzene rings is 3. The lowest BCUT2D eigenvalue weighted by Gasteiger charge is -1.99. The second-order valence-electron chi connectivity index (χ2n) is 6.29. The van der Waals surface area contributed by atoms with Gasteiger partial charge in [0.1, 0.15) is 11.3 Å². The molecule has 0 saturated carbocycles. The van der Waals surface area contributed by atoms with E-state index in [1.54, 1.807) is 18.3 Å². The Bertz CT molecular complexity index is 1090. The average molecular weight is 342 g/mol. The van der Waals surface area contributed by atoms with Gasteiger partial charge in [-0.25, -0.2) is 4.98 Å². The molecule has 0 unspecified atom stereocenters. The number of aromatic nitrogens is 1. The van der Waals surface area contributed by atoms with Crippen molar-refractivity contribution in [1.29, 1.82) is 0 Å². The van der Waals surface area contributed by atoms with Crippen molar-refractivity contribution in [3.8, 4) is 17.2 Å². The number of nitrogens with zero attached hydrogens (tertiary/aromatic N) is 2. The van der Waals surface area contributed by atoms with E-state index < -0.39 is 0 Å². The van der Waals surface area contributed by atoms with E-state index in [2.05, 4.69) is 23.8 Å². The van der Waals surface area contributed by atoms with Crippen molar-refractivity contribution >= 4 is 23.0 Å². The summed E-state index contributed by atoms with van der Waals surface area (Å²) in [5, 5.41) is 9.83. The van der Waals surface area contributed by atoms with Crippen molar-refractivity contribution in [1.82, 2.24) is 4.98 Å². The molecule has 1 heterocycles. The number of oxazole rings is 1. The lowest BCUT2D eigenvalue weighted by atomic mass is 10.1. The number of hydrogen-bond donors (Lipinski definition) is 1. The fourth-order valence-electron chi connectivity index (χ4n) is 2.76. The zero-order chi connectivity index (χ0) is 18.1. The highest BCUT2D eigenvalue weighted by Crippen LogP contribution is 2.28. The number of aryl methyl sites for hydroxylation is 2. The molecule has 3 aromatic carbocycles. The van der Waals surface area contributed by atoms with Gasteiger partial charge in [0.15, 0.2) is 5.58 Å². The first-order chi connectivity index (χ1) is 12.6. The third kappa shape index (κ3) is 3.09. The molecular weight excluding hydrogens is 324 g/mol. The average Bonchev–Trinajstić information content (AvgIpc) is 3.04. The molecule has 1 N–H and O–H groups in total. The molecule has 4 rings (SSSR count). The number of phenols is 1. The second-order valence-corrected chi connectivity index (χ2v) is 6.29. The van der Waals surface area contributed by atoms with Crippen LogP contribution in [0.1, 0.15) is 16.7 Å². The zero-order valence-electron chi connectivity index (χ0n) is 14.6. The maximum atomic E-state index is 9.83. The standard InChI is InChI=1S/C22H18N2O2/c1-14-10-19-21(11-15(14)2)26-22(24-19)16-7-5-8-18(12-16)23-13-17-6-3-4-9-20(17)25/h3-13,25H,1-2H3. The highest BCUT2D eigenvalue weighted by Gasteiger charge is 2.10. The quantitative estimate of drug-likeness (QED) is 0.495. The minimum Gasteiger partial charge on any atom is -0.507 e. The highest BCUT2D eigenvalue weighted by atomic mass is 16.3. The molecule has 0 atom stereocenters. The van der Waals surface area contributed by atoms with Crippen LogP contribution in [0.3, 0.4) is 0 Å². The molecule has 1 aromatic heterocycles. The number of aliphatic imine (C=N–C) groups is 1. The van der Waals surface area contributed by atoms with Crippen LogP contribution in [0.15, 0.2) is 70.1 Å². The molecule has 4 aromatic rings. The van der Waals surface area contributed by atoms with Crippen molar-refractivity contribution in [2.75, 3.05) is 0 Å². The normalized spacial score (nSPS) is 11.5. The molecule has 0 saturated heterocycles. The number of aromatic hydroxyl groups is 1. The van der Waals surface area contributed by atoms with E-state index in [0.29, 0.717) is 11.5 Å². The van der Waals surface area contributed by atoms with Gasteiger partial charge in [0.05, 0.1) is 5.69 Å². The van der Waals surface area contributed by atoms with Gasteiger partial charge < -0.3 is 9.52 Å². The molecule has 0 spiro atoms. The monoisotopic (exact) mass is 342 g/mol. The van der Waals surface area contributed by atoms with E-state index in [1.807, 2.05) is 48.5 Å². The number of hydrogen-bond acceptors (Lipinski definition) is 4. The first-order valence-electron chi connectivity index (χ1n) is 8.40. The smallest absolute Gasteiger partial charge is 0.227 e.